The highest BCUT2D eigenvalue weighted by atomic mass is 16.5. The third kappa shape index (κ3) is 4.76. The number of aryl methyl sites for hydroxylation is 2. The lowest BCUT2D eigenvalue weighted by molar-refractivity contribution is -0.143. The lowest BCUT2D eigenvalue weighted by atomic mass is 9.92. The van der Waals surface area contributed by atoms with Crippen molar-refractivity contribution in [3.8, 4) is 17.1 Å². The van der Waals surface area contributed by atoms with E-state index in [1.165, 1.54) is 0 Å². The molecule has 2 aliphatic carbocycles. The van der Waals surface area contributed by atoms with Crippen LogP contribution in [0, 0.1) is 24.7 Å². The van der Waals surface area contributed by atoms with Crippen molar-refractivity contribution in [3.05, 3.63) is 41.5 Å². The molecule has 2 fully saturated rings. The number of aliphatic carboxylic acids is 1. The molecule has 0 aliphatic heterocycles. The predicted molar refractivity (Wildman–Crippen MR) is 133 cm³/mol. The first-order valence-electron chi connectivity index (χ1n) is 12.6. The van der Waals surface area contributed by atoms with Crippen LogP contribution in [-0.2, 0) is 18.4 Å². The van der Waals surface area contributed by atoms with Gasteiger partial charge in [-0.25, -0.2) is 19.6 Å². The number of rotatable bonds is 8. The fourth-order valence-corrected chi connectivity index (χ4v) is 5.64. The Hall–Kier alpha value is -3.56. The maximum atomic E-state index is 11.6. The zero-order valence-electron chi connectivity index (χ0n) is 21.2. The fourth-order valence-electron chi connectivity index (χ4n) is 5.64. The van der Waals surface area contributed by atoms with Crippen LogP contribution >= 0.6 is 0 Å². The Labute approximate surface area is 210 Å². The number of nitrogens with one attached hydrogen (secondary N) is 1. The van der Waals surface area contributed by atoms with Gasteiger partial charge in [0.2, 0.25) is 5.95 Å². The highest BCUT2D eigenvalue weighted by molar-refractivity contribution is 5.71. The van der Waals surface area contributed by atoms with Crippen LogP contribution in [0.15, 0.2) is 24.4 Å². The Morgan fingerprint density at radius 3 is 2.81 bits per heavy atom. The second-order valence-electron chi connectivity index (χ2n) is 10.3. The Morgan fingerprint density at radius 1 is 1.22 bits per heavy atom. The van der Waals surface area contributed by atoms with Gasteiger partial charge >= 0.3 is 5.97 Å². The number of carboxylic acids is 1. The smallest absolute Gasteiger partial charge is 0.306 e. The molecule has 3 aromatic heterocycles. The van der Waals surface area contributed by atoms with Gasteiger partial charge in [0.05, 0.1) is 35.6 Å². The van der Waals surface area contributed by atoms with E-state index in [9.17, 15) is 9.90 Å². The van der Waals surface area contributed by atoms with E-state index in [0.717, 1.165) is 54.2 Å². The summed E-state index contributed by atoms with van der Waals surface area (Å²) in [5.41, 5.74) is 4.04. The molecule has 0 spiro atoms. The van der Waals surface area contributed by atoms with Crippen molar-refractivity contribution in [2.45, 2.75) is 65.0 Å². The molecule has 190 valence electrons. The van der Waals surface area contributed by atoms with Crippen LogP contribution in [0.4, 0.5) is 5.95 Å². The fraction of sp³-hybridized carbons (Fsp3) is 0.538. The molecule has 0 bridgehead atoms. The summed E-state index contributed by atoms with van der Waals surface area (Å²) in [4.78, 5) is 25.2. The number of fused-ring (bicyclic) bond motifs is 1. The van der Waals surface area contributed by atoms with Crippen molar-refractivity contribution < 1.29 is 14.6 Å². The third-order valence-corrected chi connectivity index (χ3v) is 7.59. The van der Waals surface area contributed by atoms with Gasteiger partial charge in [-0.05, 0) is 68.6 Å². The van der Waals surface area contributed by atoms with Crippen molar-refractivity contribution in [2.75, 3.05) is 5.32 Å². The first-order chi connectivity index (χ1) is 17.3. The zero-order valence-corrected chi connectivity index (χ0v) is 21.2. The summed E-state index contributed by atoms with van der Waals surface area (Å²) in [6.45, 7) is 6.58. The standard InChI is InChI=1S/C26H33N7O3/c1-14(2)20-9-10-27-26(30-20)28-13-22-24(31-32-33(22)4)21-7-8-23(15(3)29-21)36-17-11-16-5-6-18(25(34)35)19(16)12-17/h7-10,14,16-19H,5-6,11-13H2,1-4H3,(H,34,35)(H,27,28,30). The molecule has 0 aromatic carbocycles. The molecule has 10 nitrogen and oxygen atoms in total. The van der Waals surface area contributed by atoms with Crippen LogP contribution in [0.25, 0.3) is 11.4 Å². The van der Waals surface area contributed by atoms with Crippen LogP contribution in [0.3, 0.4) is 0 Å². The number of pyridine rings is 1. The average molecular weight is 492 g/mol. The maximum absolute atomic E-state index is 11.6. The molecule has 0 amide bonds. The summed E-state index contributed by atoms with van der Waals surface area (Å²) < 4.78 is 8.04. The van der Waals surface area contributed by atoms with Gasteiger partial charge in [0, 0.05) is 18.9 Å². The minimum atomic E-state index is -0.668. The molecule has 4 atom stereocenters. The first kappa shape index (κ1) is 24.1. The molecule has 2 aliphatic rings. The van der Waals surface area contributed by atoms with Gasteiger partial charge < -0.3 is 15.2 Å². The summed E-state index contributed by atoms with van der Waals surface area (Å²) in [6, 6.07) is 5.76. The minimum absolute atomic E-state index is 0.0337. The van der Waals surface area contributed by atoms with Crippen molar-refractivity contribution in [1.29, 1.82) is 0 Å². The number of aromatic nitrogens is 6. The molecule has 10 heteroatoms. The molecular weight excluding hydrogens is 458 g/mol. The van der Waals surface area contributed by atoms with E-state index in [1.807, 2.05) is 32.2 Å². The molecule has 5 rings (SSSR count). The summed E-state index contributed by atoms with van der Waals surface area (Å²) in [7, 11) is 1.85. The quantitative estimate of drug-likeness (QED) is 0.481. The van der Waals surface area contributed by atoms with Crippen molar-refractivity contribution in [2.24, 2.45) is 24.8 Å². The van der Waals surface area contributed by atoms with Gasteiger partial charge in [-0.1, -0.05) is 19.1 Å². The van der Waals surface area contributed by atoms with E-state index >= 15 is 0 Å². The van der Waals surface area contributed by atoms with Crippen LogP contribution in [0.2, 0.25) is 0 Å². The van der Waals surface area contributed by atoms with E-state index in [4.69, 9.17) is 9.72 Å². The number of carbonyl (C=O) groups is 1. The molecule has 0 saturated heterocycles. The molecule has 3 aromatic rings. The molecule has 4 unspecified atom stereocenters. The van der Waals surface area contributed by atoms with Gasteiger partial charge in [-0.3, -0.25) is 4.79 Å². The van der Waals surface area contributed by atoms with E-state index in [2.05, 4.69) is 39.4 Å². The lowest BCUT2D eigenvalue weighted by Gasteiger charge is -2.18. The van der Waals surface area contributed by atoms with Gasteiger partial charge in [0.15, 0.2) is 0 Å². The van der Waals surface area contributed by atoms with E-state index < -0.39 is 5.97 Å². The summed E-state index contributed by atoms with van der Waals surface area (Å²) >= 11 is 0. The predicted octanol–water partition coefficient (Wildman–Crippen LogP) is 3.98. The summed E-state index contributed by atoms with van der Waals surface area (Å²) in [6.07, 6.45) is 5.27. The summed E-state index contributed by atoms with van der Waals surface area (Å²) in [5, 5.41) is 21.3. The number of hydrogen-bond acceptors (Lipinski definition) is 8. The summed E-state index contributed by atoms with van der Waals surface area (Å²) in [5.74, 6) is 1.39. The molecule has 0 radical (unpaired) electrons. The maximum Gasteiger partial charge on any atom is 0.306 e. The van der Waals surface area contributed by atoms with Gasteiger partial charge in [0.1, 0.15) is 11.4 Å². The van der Waals surface area contributed by atoms with Gasteiger partial charge in [-0.2, -0.15) is 0 Å². The SMILES string of the molecule is Cc1nc(-c2nnn(C)c2CNc2nccc(C(C)C)n2)ccc1OC1CC2CCC(C(=O)O)C2C1. The average Bonchev–Trinajstić information content (AvgIpc) is 3.53. The van der Waals surface area contributed by atoms with Crippen molar-refractivity contribution >= 4 is 11.9 Å². The van der Waals surface area contributed by atoms with Crippen LogP contribution in [0.1, 0.15) is 62.5 Å². The largest absolute Gasteiger partial charge is 0.489 e. The highest BCUT2D eigenvalue weighted by Gasteiger charge is 2.47. The lowest BCUT2D eigenvalue weighted by Crippen LogP contribution is -2.21. The monoisotopic (exact) mass is 491 g/mol. The Balaban J connectivity index is 1.28. The molecule has 2 saturated carbocycles. The van der Waals surface area contributed by atoms with Crippen LogP contribution < -0.4 is 10.1 Å². The van der Waals surface area contributed by atoms with Crippen LogP contribution in [-0.4, -0.2) is 47.1 Å². The second kappa shape index (κ2) is 9.83. The molecule has 36 heavy (non-hydrogen) atoms. The topological polar surface area (TPSA) is 128 Å². The normalized spacial score (nSPS) is 23.1. The zero-order chi connectivity index (χ0) is 25.4. The highest BCUT2D eigenvalue weighted by Crippen LogP contribution is 2.48. The van der Waals surface area contributed by atoms with Crippen LogP contribution in [0.5, 0.6) is 5.75 Å². The number of nitrogens with zero attached hydrogens (tertiary/aromatic N) is 6. The first-order valence-corrected chi connectivity index (χ1v) is 12.6. The molecular formula is C26H33N7O3. The second-order valence-corrected chi connectivity index (χ2v) is 10.3. The molecule has 3 heterocycles. The van der Waals surface area contributed by atoms with Crippen molar-refractivity contribution in [3.63, 3.8) is 0 Å². The van der Waals surface area contributed by atoms with Gasteiger partial charge in [-0.15, -0.1) is 5.10 Å². The number of hydrogen-bond donors (Lipinski definition) is 2. The minimum Gasteiger partial charge on any atom is -0.489 e. The molecule has 2 N–H and O–H groups in total. The number of ether oxygens (including phenoxy) is 1. The van der Waals surface area contributed by atoms with Crippen molar-refractivity contribution in [1.82, 2.24) is 29.9 Å². The Morgan fingerprint density at radius 2 is 2.06 bits per heavy atom. The number of carboxylic acid groups (broad SMARTS) is 1. The third-order valence-electron chi connectivity index (χ3n) is 7.59. The van der Waals surface area contributed by atoms with E-state index in [0.29, 0.717) is 30.0 Å². The van der Waals surface area contributed by atoms with E-state index in [1.54, 1.807) is 10.9 Å². The van der Waals surface area contributed by atoms with Gasteiger partial charge in [0.25, 0.3) is 0 Å². The Kier molecular flexibility index (Phi) is 6.59. The van der Waals surface area contributed by atoms with E-state index in [-0.39, 0.29) is 17.9 Å². The number of anilines is 1. The Bertz CT molecular complexity index is 1260.